The molecule has 2 nitrogen and oxygen atoms in total. The van der Waals surface area contributed by atoms with Gasteiger partial charge in [0.2, 0.25) is 0 Å². The molecule has 0 amide bonds. The van der Waals surface area contributed by atoms with Gasteiger partial charge in [-0.2, -0.15) is 0 Å². The molecule has 0 unspecified atom stereocenters. The zero-order valence-electron chi connectivity index (χ0n) is 15.1. The lowest BCUT2D eigenvalue weighted by atomic mass is 10.1. The maximum Gasteiger partial charge on any atom is 0.0906 e. The Bertz CT molecular complexity index is 1050. The van der Waals surface area contributed by atoms with Crippen LogP contribution in [-0.4, -0.2) is 9.97 Å². The van der Waals surface area contributed by atoms with Crippen molar-refractivity contribution in [3.63, 3.8) is 0 Å². The van der Waals surface area contributed by atoms with Gasteiger partial charge >= 0.3 is 0 Å². The molecule has 0 aliphatic rings. The molecule has 0 aliphatic heterocycles. The Morgan fingerprint density at radius 3 is 2.07 bits per heavy atom. The molecule has 2 heteroatoms. The summed E-state index contributed by atoms with van der Waals surface area (Å²) in [5.41, 5.74) is 6.77. The molecule has 27 heavy (non-hydrogen) atoms. The van der Waals surface area contributed by atoms with E-state index in [1.54, 1.807) is 6.20 Å². The number of hydrogen-bond donors (Lipinski definition) is 0. The highest BCUT2D eigenvalue weighted by atomic mass is 14.8. The average Bonchev–Trinajstić information content (AvgIpc) is 2.74. The van der Waals surface area contributed by atoms with Gasteiger partial charge in [-0.05, 0) is 43.3 Å². The highest BCUT2D eigenvalue weighted by Gasteiger charge is 2.07. The fourth-order valence-electron chi connectivity index (χ4n) is 2.79. The predicted octanol–water partition coefficient (Wildman–Crippen LogP) is 5.52. The zero-order chi connectivity index (χ0) is 18.5. The van der Waals surface area contributed by atoms with Crippen LogP contribution < -0.4 is 0 Å². The zero-order valence-corrected chi connectivity index (χ0v) is 15.1. The van der Waals surface area contributed by atoms with E-state index in [2.05, 4.69) is 48.0 Å². The predicted molar refractivity (Wildman–Crippen MR) is 110 cm³/mol. The van der Waals surface area contributed by atoms with Crippen LogP contribution in [-0.2, 0) is 0 Å². The summed E-state index contributed by atoms with van der Waals surface area (Å²) in [7, 11) is 0. The molecule has 0 saturated carbocycles. The monoisotopic (exact) mass is 346 g/mol. The number of aromatic nitrogens is 2. The minimum atomic E-state index is 0.824. The first-order chi connectivity index (χ1) is 13.3. The summed E-state index contributed by atoms with van der Waals surface area (Å²) in [4.78, 5) is 9.25. The molecule has 2 aromatic carbocycles. The number of benzene rings is 2. The van der Waals surface area contributed by atoms with Gasteiger partial charge in [-0.25, -0.2) is 4.98 Å². The molecule has 2 heterocycles. The Morgan fingerprint density at radius 1 is 0.630 bits per heavy atom. The lowest BCUT2D eigenvalue weighted by Crippen LogP contribution is -1.92. The van der Waals surface area contributed by atoms with Gasteiger partial charge < -0.3 is 0 Å². The van der Waals surface area contributed by atoms with E-state index in [1.165, 1.54) is 5.56 Å². The number of hydrogen-bond acceptors (Lipinski definition) is 2. The number of rotatable bonds is 2. The van der Waals surface area contributed by atoms with Crippen LogP contribution in [0.15, 0.2) is 91.1 Å². The standard InChI is InChI=1S/C25H18N2/c1-19-10-12-20(13-11-19)14-15-21-17-24(22-7-3-2-4-8-22)27-25(18-21)23-9-5-6-16-26-23/h2-13,16-18H,1H3. The van der Waals surface area contributed by atoms with Crippen LogP contribution in [0.4, 0.5) is 0 Å². The fourth-order valence-corrected chi connectivity index (χ4v) is 2.79. The molecule has 0 atom stereocenters. The Balaban J connectivity index is 1.80. The summed E-state index contributed by atoms with van der Waals surface area (Å²) in [5.74, 6) is 6.53. The minimum Gasteiger partial charge on any atom is -0.255 e. The molecule has 0 saturated heterocycles. The quantitative estimate of drug-likeness (QED) is 0.447. The summed E-state index contributed by atoms with van der Waals surface area (Å²) >= 11 is 0. The molecule has 0 fully saturated rings. The van der Waals surface area contributed by atoms with Crippen molar-refractivity contribution < 1.29 is 0 Å². The van der Waals surface area contributed by atoms with Gasteiger partial charge in [0.05, 0.1) is 17.1 Å². The fraction of sp³-hybridized carbons (Fsp3) is 0.0400. The van der Waals surface area contributed by atoms with Gasteiger partial charge in [0.25, 0.3) is 0 Å². The van der Waals surface area contributed by atoms with Crippen molar-refractivity contribution in [1.29, 1.82) is 0 Å². The van der Waals surface area contributed by atoms with Crippen molar-refractivity contribution in [3.05, 3.63) is 108 Å². The number of pyridine rings is 2. The topological polar surface area (TPSA) is 25.8 Å². The maximum atomic E-state index is 4.81. The molecular weight excluding hydrogens is 328 g/mol. The average molecular weight is 346 g/mol. The van der Waals surface area contributed by atoms with E-state index in [9.17, 15) is 0 Å². The van der Waals surface area contributed by atoms with Crippen LogP contribution in [0.2, 0.25) is 0 Å². The van der Waals surface area contributed by atoms with E-state index in [0.29, 0.717) is 0 Å². The van der Waals surface area contributed by atoms with Crippen molar-refractivity contribution in [3.8, 4) is 34.5 Å². The van der Waals surface area contributed by atoms with Gasteiger partial charge in [0.1, 0.15) is 0 Å². The lowest BCUT2D eigenvalue weighted by molar-refractivity contribution is 1.24. The summed E-state index contributed by atoms with van der Waals surface area (Å²) in [5, 5.41) is 0. The van der Waals surface area contributed by atoms with Crippen molar-refractivity contribution in [2.24, 2.45) is 0 Å². The van der Waals surface area contributed by atoms with Crippen LogP contribution in [0.5, 0.6) is 0 Å². The smallest absolute Gasteiger partial charge is 0.0906 e. The van der Waals surface area contributed by atoms with E-state index >= 15 is 0 Å². The lowest BCUT2D eigenvalue weighted by Gasteiger charge is -2.06. The summed E-state index contributed by atoms with van der Waals surface area (Å²) in [6.45, 7) is 2.07. The first-order valence-corrected chi connectivity index (χ1v) is 8.85. The van der Waals surface area contributed by atoms with E-state index < -0.39 is 0 Å². The molecule has 4 rings (SSSR count). The largest absolute Gasteiger partial charge is 0.255 e. The second-order valence-electron chi connectivity index (χ2n) is 6.32. The molecule has 128 valence electrons. The Morgan fingerprint density at radius 2 is 1.33 bits per heavy atom. The Labute approximate surface area is 159 Å². The van der Waals surface area contributed by atoms with Gasteiger partial charge in [-0.3, -0.25) is 4.98 Å². The molecule has 0 aliphatic carbocycles. The second-order valence-corrected chi connectivity index (χ2v) is 6.32. The second kappa shape index (κ2) is 7.68. The van der Waals surface area contributed by atoms with Gasteiger partial charge in [0, 0.05) is 22.9 Å². The first kappa shape index (κ1) is 16.8. The Hall–Kier alpha value is -3.70. The molecule has 0 N–H and O–H groups in total. The third kappa shape index (κ3) is 4.11. The normalized spacial score (nSPS) is 10.1. The Kier molecular flexibility index (Phi) is 4.76. The van der Waals surface area contributed by atoms with Crippen LogP contribution in [0, 0.1) is 18.8 Å². The third-order valence-electron chi connectivity index (χ3n) is 4.22. The summed E-state index contributed by atoms with van der Waals surface area (Å²) in [6.07, 6.45) is 1.78. The van der Waals surface area contributed by atoms with Gasteiger partial charge in [0.15, 0.2) is 0 Å². The van der Waals surface area contributed by atoms with Crippen molar-refractivity contribution in [2.45, 2.75) is 6.92 Å². The van der Waals surface area contributed by atoms with Gasteiger partial charge in [-0.15, -0.1) is 0 Å². The van der Waals surface area contributed by atoms with Crippen molar-refractivity contribution in [1.82, 2.24) is 9.97 Å². The molecule has 0 radical (unpaired) electrons. The van der Waals surface area contributed by atoms with E-state index in [-0.39, 0.29) is 0 Å². The van der Waals surface area contributed by atoms with Crippen molar-refractivity contribution in [2.75, 3.05) is 0 Å². The molecule has 4 aromatic rings. The van der Waals surface area contributed by atoms with Crippen LogP contribution in [0.1, 0.15) is 16.7 Å². The van der Waals surface area contributed by atoms with Crippen LogP contribution in [0.25, 0.3) is 22.6 Å². The van der Waals surface area contributed by atoms with E-state index in [4.69, 9.17) is 4.98 Å². The minimum absolute atomic E-state index is 0.824. The maximum absolute atomic E-state index is 4.81. The van der Waals surface area contributed by atoms with Crippen LogP contribution in [0.3, 0.4) is 0 Å². The van der Waals surface area contributed by atoms with Crippen LogP contribution >= 0.6 is 0 Å². The molecule has 2 aromatic heterocycles. The summed E-state index contributed by atoms with van der Waals surface area (Å²) < 4.78 is 0. The van der Waals surface area contributed by atoms with Gasteiger partial charge in [-0.1, -0.05) is 65.9 Å². The summed E-state index contributed by atoms with van der Waals surface area (Å²) in [6, 6.07) is 28.3. The highest BCUT2D eigenvalue weighted by Crippen LogP contribution is 2.23. The van der Waals surface area contributed by atoms with E-state index in [1.807, 2.05) is 60.7 Å². The highest BCUT2D eigenvalue weighted by molar-refractivity contribution is 5.67. The molecular formula is C25H18N2. The number of nitrogens with zero attached hydrogens (tertiary/aromatic N) is 2. The molecule has 0 bridgehead atoms. The third-order valence-corrected chi connectivity index (χ3v) is 4.22. The van der Waals surface area contributed by atoms with Crippen molar-refractivity contribution >= 4 is 0 Å². The molecule has 0 spiro atoms. The first-order valence-electron chi connectivity index (χ1n) is 8.85. The number of aryl methyl sites for hydroxylation is 1. The van der Waals surface area contributed by atoms with E-state index in [0.717, 1.165) is 33.8 Å². The SMILES string of the molecule is Cc1ccc(C#Cc2cc(-c3ccccc3)nc(-c3ccccn3)c2)cc1.